The summed E-state index contributed by atoms with van der Waals surface area (Å²) in [4.78, 5) is 10.3. The largest absolute Gasteiger partial charge is 0.504 e. The fourth-order valence-electron chi connectivity index (χ4n) is 1.80. The summed E-state index contributed by atoms with van der Waals surface area (Å²) < 4.78 is 27.1. The summed E-state index contributed by atoms with van der Waals surface area (Å²) in [5, 5.41) is 21.2. The van der Waals surface area contributed by atoms with Gasteiger partial charge in [-0.3, -0.25) is 10.1 Å². The molecule has 0 saturated carbocycles. The number of phenols is 1. The molecule has 0 unspecified atom stereocenters. The lowest BCUT2D eigenvalue weighted by Crippen LogP contribution is -2.15. The second kappa shape index (κ2) is 4.93. The van der Waals surface area contributed by atoms with E-state index in [1.54, 1.807) is 20.8 Å². The van der Waals surface area contributed by atoms with Crippen molar-refractivity contribution < 1.29 is 22.6 Å². The molecule has 0 spiro atoms. The van der Waals surface area contributed by atoms with Gasteiger partial charge in [0.1, 0.15) is 0 Å². The minimum absolute atomic E-state index is 0.219. The minimum atomic E-state index is -4.00. The molecule has 1 aromatic carbocycles. The summed E-state index contributed by atoms with van der Waals surface area (Å²) in [5.41, 5.74) is -0.490. The van der Waals surface area contributed by atoms with Crippen LogP contribution in [0.15, 0.2) is 6.07 Å². The molecular weight excluding hydrogens is 286 g/mol. The highest BCUT2D eigenvalue weighted by atomic mass is 32.2. The number of phenolic OH excluding ortho intramolecular Hbond substituents is 1. The normalized spacial score (nSPS) is 12.2. The lowest BCUT2D eigenvalue weighted by molar-refractivity contribution is -0.386. The lowest BCUT2D eigenvalue weighted by Gasteiger charge is -2.22. The molecule has 0 aromatic heterocycles. The van der Waals surface area contributed by atoms with E-state index in [4.69, 9.17) is 0 Å². The third kappa shape index (κ3) is 3.38. The Balaban J connectivity index is 3.75. The Morgan fingerprint density at radius 3 is 2.20 bits per heavy atom. The van der Waals surface area contributed by atoms with Crippen LogP contribution in [0.2, 0.25) is 0 Å². The molecule has 20 heavy (non-hydrogen) atoms. The van der Waals surface area contributed by atoms with Crippen LogP contribution in [0.3, 0.4) is 0 Å². The van der Waals surface area contributed by atoms with E-state index in [2.05, 4.69) is 4.18 Å². The van der Waals surface area contributed by atoms with Gasteiger partial charge in [0.2, 0.25) is 0 Å². The number of nitro groups is 1. The highest BCUT2D eigenvalue weighted by Gasteiger charge is 2.32. The highest BCUT2D eigenvalue weighted by molar-refractivity contribution is 7.86. The summed E-state index contributed by atoms with van der Waals surface area (Å²) in [5.74, 6) is -1.16. The molecule has 0 aliphatic carbocycles. The van der Waals surface area contributed by atoms with Crippen LogP contribution < -0.4 is 4.18 Å². The van der Waals surface area contributed by atoms with Crippen molar-refractivity contribution in [3.05, 3.63) is 27.3 Å². The van der Waals surface area contributed by atoms with Crippen LogP contribution in [-0.4, -0.2) is 24.7 Å². The Morgan fingerprint density at radius 2 is 1.85 bits per heavy atom. The fourth-order valence-corrected chi connectivity index (χ4v) is 2.26. The SMILES string of the molecule is Cc1cc(C(C)(C)C)c(O)c(OS(C)(=O)=O)c1[N+](=O)[O-]. The van der Waals surface area contributed by atoms with Crippen molar-refractivity contribution >= 4 is 15.8 Å². The maximum Gasteiger partial charge on any atom is 0.319 e. The van der Waals surface area contributed by atoms with E-state index in [0.29, 0.717) is 5.56 Å². The molecule has 7 nitrogen and oxygen atoms in total. The molecule has 1 rings (SSSR count). The third-order valence-electron chi connectivity index (χ3n) is 2.64. The van der Waals surface area contributed by atoms with Crippen molar-refractivity contribution in [2.45, 2.75) is 33.1 Å². The number of aryl methyl sites for hydroxylation is 1. The Kier molecular flexibility index (Phi) is 4.00. The number of nitro benzene ring substituents is 1. The number of hydrogen-bond donors (Lipinski definition) is 1. The van der Waals surface area contributed by atoms with E-state index in [9.17, 15) is 23.6 Å². The summed E-state index contributed by atoms with van der Waals surface area (Å²) in [7, 11) is -4.00. The Hall–Kier alpha value is -1.83. The van der Waals surface area contributed by atoms with Gasteiger partial charge in [-0.15, -0.1) is 0 Å². The van der Waals surface area contributed by atoms with Gasteiger partial charge in [-0.1, -0.05) is 20.8 Å². The number of nitrogens with zero attached hydrogens (tertiary/aromatic N) is 1. The monoisotopic (exact) mass is 303 g/mol. The van der Waals surface area contributed by atoms with Gasteiger partial charge in [0, 0.05) is 11.1 Å². The zero-order valence-corrected chi connectivity index (χ0v) is 12.7. The van der Waals surface area contributed by atoms with Crippen LogP contribution in [0.5, 0.6) is 11.5 Å². The van der Waals surface area contributed by atoms with Gasteiger partial charge in [0.25, 0.3) is 5.75 Å². The van der Waals surface area contributed by atoms with Crippen LogP contribution in [0.25, 0.3) is 0 Å². The van der Waals surface area contributed by atoms with Gasteiger partial charge in [-0.05, 0) is 18.4 Å². The molecule has 0 amide bonds. The summed E-state index contributed by atoms with van der Waals surface area (Å²) in [6.45, 7) is 6.83. The quantitative estimate of drug-likeness (QED) is 0.521. The van der Waals surface area contributed by atoms with Crippen LogP contribution >= 0.6 is 0 Å². The van der Waals surface area contributed by atoms with Crippen LogP contribution in [-0.2, 0) is 15.5 Å². The van der Waals surface area contributed by atoms with Gasteiger partial charge >= 0.3 is 15.8 Å². The molecule has 0 aliphatic heterocycles. The Bertz CT molecular complexity index is 658. The molecule has 0 bridgehead atoms. The molecule has 0 aliphatic rings. The molecule has 0 atom stereocenters. The van der Waals surface area contributed by atoms with Crippen molar-refractivity contribution in [1.82, 2.24) is 0 Å². The smallest absolute Gasteiger partial charge is 0.319 e. The predicted molar refractivity (Wildman–Crippen MR) is 73.7 cm³/mol. The first-order valence-corrected chi connectivity index (χ1v) is 7.57. The first kappa shape index (κ1) is 16.2. The first-order valence-electron chi connectivity index (χ1n) is 5.75. The molecule has 0 radical (unpaired) electrons. The topological polar surface area (TPSA) is 107 Å². The Labute approximate surface area is 117 Å². The summed E-state index contributed by atoms with van der Waals surface area (Å²) in [6, 6.07) is 1.46. The van der Waals surface area contributed by atoms with Gasteiger partial charge in [0.05, 0.1) is 11.2 Å². The van der Waals surface area contributed by atoms with Crippen molar-refractivity contribution in [2.24, 2.45) is 0 Å². The number of aromatic hydroxyl groups is 1. The van der Waals surface area contributed by atoms with E-state index in [0.717, 1.165) is 6.26 Å². The average Bonchev–Trinajstić information content (AvgIpc) is 2.18. The number of rotatable bonds is 3. The van der Waals surface area contributed by atoms with E-state index in [1.807, 2.05) is 0 Å². The van der Waals surface area contributed by atoms with E-state index < -0.39 is 37.6 Å². The maximum atomic E-state index is 11.2. The molecular formula is C12H17NO6S. The first-order chi connectivity index (χ1) is 8.84. The van der Waals surface area contributed by atoms with Crippen molar-refractivity contribution in [3.63, 3.8) is 0 Å². The second-order valence-electron chi connectivity index (χ2n) is 5.56. The van der Waals surface area contributed by atoms with Crippen molar-refractivity contribution in [3.8, 4) is 11.5 Å². The zero-order valence-electron chi connectivity index (χ0n) is 11.9. The van der Waals surface area contributed by atoms with E-state index >= 15 is 0 Å². The second-order valence-corrected chi connectivity index (χ2v) is 7.14. The van der Waals surface area contributed by atoms with Crippen molar-refractivity contribution in [1.29, 1.82) is 0 Å². The number of hydrogen-bond acceptors (Lipinski definition) is 6. The molecule has 0 saturated heterocycles. The molecule has 8 heteroatoms. The van der Waals surface area contributed by atoms with Crippen LogP contribution in [0.4, 0.5) is 5.69 Å². The van der Waals surface area contributed by atoms with E-state index in [1.165, 1.54) is 13.0 Å². The lowest BCUT2D eigenvalue weighted by atomic mass is 9.85. The van der Waals surface area contributed by atoms with E-state index in [-0.39, 0.29) is 5.56 Å². The highest BCUT2D eigenvalue weighted by Crippen LogP contribution is 2.45. The standard InChI is InChI=1S/C12H17NO6S/c1-7-6-8(12(2,3)4)10(14)11(9(7)13(15)16)19-20(5,17)18/h6,14H,1-5H3. The third-order valence-corrected chi connectivity index (χ3v) is 3.11. The van der Waals surface area contributed by atoms with Gasteiger partial charge in [-0.25, -0.2) is 0 Å². The minimum Gasteiger partial charge on any atom is -0.504 e. The maximum absolute atomic E-state index is 11.2. The molecule has 1 N–H and O–H groups in total. The van der Waals surface area contributed by atoms with Crippen molar-refractivity contribution in [2.75, 3.05) is 6.26 Å². The molecule has 1 aromatic rings. The van der Waals surface area contributed by atoms with Gasteiger partial charge in [-0.2, -0.15) is 8.42 Å². The van der Waals surface area contributed by atoms with Crippen LogP contribution in [0.1, 0.15) is 31.9 Å². The zero-order chi connectivity index (χ0) is 15.9. The average molecular weight is 303 g/mol. The molecule has 0 fully saturated rings. The summed E-state index contributed by atoms with van der Waals surface area (Å²) >= 11 is 0. The predicted octanol–water partition coefficient (Wildman–Crippen LogP) is 2.24. The fraction of sp³-hybridized carbons (Fsp3) is 0.500. The summed E-state index contributed by atoms with van der Waals surface area (Å²) in [6.07, 6.45) is 0.759. The number of benzene rings is 1. The van der Waals surface area contributed by atoms with Crippen LogP contribution in [0, 0.1) is 17.0 Å². The van der Waals surface area contributed by atoms with Gasteiger partial charge in [0.15, 0.2) is 5.75 Å². The Morgan fingerprint density at radius 1 is 1.35 bits per heavy atom. The van der Waals surface area contributed by atoms with Gasteiger partial charge < -0.3 is 9.29 Å². The molecule has 112 valence electrons. The molecule has 0 heterocycles.